The molecule has 2 heterocycles. The van der Waals surface area contributed by atoms with Gasteiger partial charge in [-0.25, -0.2) is 4.98 Å². The van der Waals surface area contributed by atoms with Gasteiger partial charge in [0.15, 0.2) is 0 Å². The van der Waals surface area contributed by atoms with Crippen molar-refractivity contribution >= 4 is 39.7 Å². The molecule has 0 bridgehead atoms. The fourth-order valence-corrected chi connectivity index (χ4v) is 2.78. The van der Waals surface area contributed by atoms with Gasteiger partial charge in [-0.15, -0.1) is 0 Å². The van der Waals surface area contributed by atoms with Crippen molar-refractivity contribution in [1.29, 1.82) is 0 Å². The number of pyridine rings is 1. The number of hydrogen-bond acceptors (Lipinski definition) is 4. The van der Waals surface area contributed by atoms with Crippen molar-refractivity contribution in [2.24, 2.45) is 0 Å². The summed E-state index contributed by atoms with van der Waals surface area (Å²) in [6.07, 6.45) is 1.34. The summed E-state index contributed by atoms with van der Waals surface area (Å²) in [6.45, 7) is -0.290. The standard InChI is InChI=1S/C19H15N5O3/c25-16(24-19-22-14-7-3-4-8-15(14)23-19)10-21-18(27)12-9-20-13-6-2-1-5-11(13)17(12)26/h1-9H,10H2,(H,20,26)(H,21,27)(H2,22,23,24,25). The Morgan fingerprint density at radius 3 is 2.56 bits per heavy atom. The van der Waals surface area contributed by atoms with Crippen LogP contribution in [0.2, 0.25) is 0 Å². The number of carbonyl (C=O) groups excluding carboxylic acids is 2. The first kappa shape index (κ1) is 16.5. The molecular formula is C19H15N5O3. The lowest BCUT2D eigenvalue weighted by molar-refractivity contribution is -0.115. The van der Waals surface area contributed by atoms with Crippen molar-refractivity contribution in [3.05, 3.63) is 70.5 Å². The Hall–Kier alpha value is -3.94. The van der Waals surface area contributed by atoms with E-state index in [9.17, 15) is 14.4 Å². The predicted octanol–water partition coefficient (Wildman–Crippen LogP) is 1.77. The highest BCUT2D eigenvalue weighted by Crippen LogP contribution is 2.13. The zero-order valence-corrected chi connectivity index (χ0v) is 14.1. The quantitative estimate of drug-likeness (QED) is 0.443. The van der Waals surface area contributed by atoms with E-state index >= 15 is 0 Å². The molecule has 0 aliphatic carbocycles. The van der Waals surface area contributed by atoms with Gasteiger partial charge in [0.25, 0.3) is 5.91 Å². The fourth-order valence-electron chi connectivity index (χ4n) is 2.78. The lowest BCUT2D eigenvalue weighted by Gasteiger charge is -2.06. The summed E-state index contributed by atoms with van der Waals surface area (Å²) in [4.78, 5) is 46.8. The molecule has 0 saturated heterocycles. The van der Waals surface area contributed by atoms with Gasteiger partial charge in [-0.3, -0.25) is 19.7 Å². The van der Waals surface area contributed by atoms with Gasteiger partial charge in [0, 0.05) is 17.1 Å². The summed E-state index contributed by atoms with van der Waals surface area (Å²) in [5.41, 5.74) is 1.71. The van der Waals surface area contributed by atoms with Crippen LogP contribution in [-0.2, 0) is 4.79 Å². The number of carbonyl (C=O) groups is 2. The molecule has 0 fully saturated rings. The first-order valence-corrected chi connectivity index (χ1v) is 8.25. The molecule has 0 aliphatic rings. The number of aromatic nitrogens is 3. The predicted molar refractivity (Wildman–Crippen MR) is 102 cm³/mol. The molecule has 8 heteroatoms. The number of benzene rings is 2. The Kier molecular flexibility index (Phi) is 4.13. The molecule has 0 saturated carbocycles. The smallest absolute Gasteiger partial charge is 0.257 e. The number of nitrogens with zero attached hydrogens (tertiary/aromatic N) is 1. The van der Waals surface area contributed by atoms with E-state index in [4.69, 9.17) is 0 Å². The van der Waals surface area contributed by atoms with Crippen LogP contribution in [0.3, 0.4) is 0 Å². The van der Waals surface area contributed by atoms with Crippen LogP contribution in [0, 0.1) is 0 Å². The monoisotopic (exact) mass is 361 g/mol. The molecule has 2 aromatic carbocycles. The number of anilines is 1. The molecule has 27 heavy (non-hydrogen) atoms. The molecule has 0 unspecified atom stereocenters. The molecule has 4 rings (SSSR count). The molecule has 2 aromatic heterocycles. The summed E-state index contributed by atoms with van der Waals surface area (Å²) >= 11 is 0. The van der Waals surface area contributed by atoms with Gasteiger partial charge in [-0.1, -0.05) is 24.3 Å². The number of nitrogens with one attached hydrogen (secondary N) is 4. The maximum Gasteiger partial charge on any atom is 0.257 e. The van der Waals surface area contributed by atoms with Crippen LogP contribution in [0.5, 0.6) is 0 Å². The number of H-pyrrole nitrogens is 2. The molecule has 0 aliphatic heterocycles. The molecule has 8 nitrogen and oxygen atoms in total. The van der Waals surface area contributed by atoms with Gasteiger partial charge in [0.2, 0.25) is 17.3 Å². The highest BCUT2D eigenvalue weighted by atomic mass is 16.2. The van der Waals surface area contributed by atoms with Crippen LogP contribution in [0.1, 0.15) is 10.4 Å². The minimum atomic E-state index is -0.623. The summed E-state index contributed by atoms with van der Waals surface area (Å²) < 4.78 is 0. The van der Waals surface area contributed by atoms with Gasteiger partial charge < -0.3 is 15.3 Å². The van der Waals surface area contributed by atoms with E-state index in [1.54, 1.807) is 24.3 Å². The van der Waals surface area contributed by atoms with Crippen LogP contribution in [-0.4, -0.2) is 33.3 Å². The maximum absolute atomic E-state index is 12.4. The van der Waals surface area contributed by atoms with Gasteiger partial charge in [-0.05, 0) is 24.3 Å². The minimum Gasteiger partial charge on any atom is -0.360 e. The summed E-state index contributed by atoms with van der Waals surface area (Å²) in [7, 11) is 0. The average molecular weight is 361 g/mol. The van der Waals surface area contributed by atoms with Crippen LogP contribution in [0.25, 0.3) is 21.9 Å². The van der Waals surface area contributed by atoms with E-state index in [2.05, 4.69) is 25.6 Å². The molecule has 0 atom stereocenters. The van der Waals surface area contributed by atoms with Crippen molar-refractivity contribution < 1.29 is 9.59 Å². The SMILES string of the molecule is O=C(CNC(=O)c1c[nH]c2ccccc2c1=O)Nc1nc2ccccc2[nH]1. The summed E-state index contributed by atoms with van der Waals surface area (Å²) in [5.74, 6) is -0.791. The van der Waals surface area contributed by atoms with Gasteiger partial charge in [0.1, 0.15) is 5.56 Å². The van der Waals surface area contributed by atoms with Crippen molar-refractivity contribution in [2.45, 2.75) is 0 Å². The maximum atomic E-state index is 12.4. The second-order valence-corrected chi connectivity index (χ2v) is 5.91. The second kappa shape index (κ2) is 6.75. The van der Waals surface area contributed by atoms with E-state index in [1.807, 2.05) is 24.3 Å². The fraction of sp³-hybridized carbons (Fsp3) is 0.0526. The normalized spacial score (nSPS) is 10.8. The van der Waals surface area contributed by atoms with Gasteiger partial charge >= 0.3 is 0 Å². The van der Waals surface area contributed by atoms with Crippen molar-refractivity contribution in [3.63, 3.8) is 0 Å². The van der Waals surface area contributed by atoms with Crippen LogP contribution >= 0.6 is 0 Å². The first-order valence-electron chi connectivity index (χ1n) is 8.25. The van der Waals surface area contributed by atoms with E-state index in [0.29, 0.717) is 16.9 Å². The summed E-state index contributed by atoms with van der Waals surface area (Å²) in [6, 6.07) is 14.3. The van der Waals surface area contributed by atoms with Crippen molar-refractivity contribution in [1.82, 2.24) is 20.3 Å². The van der Waals surface area contributed by atoms with Crippen LogP contribution in [0.4, 0.5) is 5.95 Å². The Labute approximate surface area is 152 Å². The number of para-hydroxylation sites is 3. The molecule has 4 N–H and O–H groups in total. The first-order chi connectivity index (χ1) is 13.1. The Morgan fingerprint density at radius 2 is 1.74 bits per heavy atom. The van der Waals surface area contributed by atoms with Crippen LogP contribution in [0.15, 0.2) is 59.5 Å². The Morgan fingerprint density at radius 1 is 1.00 bits per heavy atom. The third kappa shape index (κ3) is 3.28. The topological polar surface area (TPSA) is 120 Å². The molecular weight excluding hydrogens is 346 g/mol. The second-order valence-electron chi connectivity index (χ2n) is 5.91. The zero-order chi connectivity index (χ0) is 18.8. The molecule has 0 radical (unpaired) electrons. The summed E-state index contributed by atoms with van der Waals surface area (Å²) in [5, 5.41) is 5.44. The van der Waals surface area contributed by atoms with Crippen molar-refractivity contribution in [3.8, 4) is 0 Å². The van der Waals surface area contributed by atoms with Crippen molar-refractivity contribution in [2.75, 3.05) is 11.9 Å². The molecule has 2 amide bonds. The largest absolute Gasteiger partial charge is 0.360 e. The minimum absolute atomic E-state index is 0.0507. The van der Waals surface area contributed by atoms with E-state index in [1.165, 1.54) is 6.20 Å². The highest BCUT2D eigenvalue weighted by molar-refractivity contribution is 6.00. The average Bonchev–Trinajstić information content (AvgIpc) is 3.09. The van der Waals surface area contributed by atoms with E-state index < -0.39 is 11.8 Å². The lowest BCUT2D eigenvalue weighted by atomic mass is 10.1. The number of fused-ring (bicyclic) bond motifs is 2. The van der Waals surface area contributed by atoms with E-state index in [0.717, 1.165) is 11.0 Å². The highest BCUT2D eigenvalue weighted by Gasteiger charge is 2.14. The number of amides is 2. The Bertz CT molecular complexity index is 1190. The molecule has 0 spiro atoms. The number of hydrogen-bond donors (Lipinski definition) is 4. The number of rotatable bonds is 4. The third-order valence-electron chi connectivity index (χ3n) is 4.09. The van der Waals surface area contributed by atoms with Gasteiger partial charge in [-0.2, -0.15) is 0 Å². The van der Waals surface area contributed by atoms with Gasteiger partial charge in [0.05, 0.1) is 17.6 Å². The number of aromatic amines is 2. The lowest BCUT2D eigenvalue weighted by Crippen LogP contribution is -2.35. The zero-order valence-electron chi connectivity index (χ0n) is 14.1. The Balaban J connectivity index is 1.43. The molecule has 134 valence electrons. The van der Waals surface area contributed by atoms with Crippen LogP contribution < -0.4 is 16.1 Å². The van der Waals surface area contributed by atoms with E-state index in [-0.39, 0.29) is 17.5 Å². The molecule has 4 aromatic rings. The third-order valence-corrected chi connectivity index (χ3v) is 4.09. The number of imidazole rings is 1.